The van der Waals surface area contributed by atoms with E-state index < -0.39 is 5.91 Å². The lowest BCUT2D eigenvalue weighted by Gasteiger charge is -2.09. The van der Waals surface area contributed by atoms with Gasteiger partial charge < -0.3 is 10.3 Å². The Balaban J connectivity index is 2.38. The standard InChI is InChI=1S/C15H13N3O/c1-10-4-2-5-11(8-10)18-13-6-3-7-17-12(13)9-14(18)15(16)19/h2-9H,1H3,(H2,16,19). The summed E-state index contributed by atoms with van der Waals surface area (Å²) in [5.41, 5.74) is 9.59. The number of benzene rings is 1. The van der Waals surface area contributed by atoms with Crippen molar-refractivity contribution >= 4 is 16.9 Å². The van der Waals surface area contributed by atoms with Crippen LogP contribution < -0.4 is 5.73 Å². The molecule has 1 aromatic carbocycles. The second-order valence-electron chi connectivity index (χ2n) is 4.48. The van der Waals surface area contributed by atoms with E-state index in [1.54, 1.807) is 12.3 Å². The topological polar surface area (TPSA) is 60.9 Å². The minimum Gasteiger partial charge on any atom is -0.364 e. The Labute approximate surface area is 110 Å². The molecule has 0 aliphatic carbocycles. The van der Waals surface area contributed by atoms with Gasteiger partial charge in [-0.2, -0.15) is 0 Å². The number of carbonyl (C=O) groups excluding carboxylic acids is 1. The summed E-state index contributed by atoms with van der Waals surface area (Å²) in [6.45, 7) is 2.01. The Hall–Kier alpha value is -2.62. The van der Waals surface area contributed by atoms with Crippen molar-refractivity contribution < 1.29 is 4.79 Å². The molecule has 0 fully saturated rings. The summed E-state index contributed by atoms with van der Waals surface area (Å²) in [6, 6.07) is 13.4. The van der Waals surface area contributed by atoms with E-state index in [9.17, 15) is 4.79 Å². The van der Waals surface area contributed by atoms with Gasteiger partial charge >= 0.3 is 0 Å². The zero-order chi connectivity index (χ0) is 13.4. The molecule has 2 aromatic heterocycles. The van der Waals surface area contributed by atoms with Gasteiger partial charge in [-0.1, -0.05) is 12.1 Å². The maximum Gasteiger partial charge on any atom is 0.265 e. The number of fused-ring (bicyclic) bond motifs is 1. The zero-order valence-electron chi connectivity index (χ0n) is 10.5. The van der Waals surface area contributed by atoms with Crippen LogP contribution in [0.25, 0.3) is 16.7 Å². The quantitative estimate of drug-likeness (QED) is 0.760. The molecule has 0 aliphatic rings. The zero-order valence-corrected chi connectivity index (χ0v) is 10.5. The first kappa shape index (κ1) is 11.5. The van der Waals surface area contributed by atoms with Crippen LogP contribution in [0.4, 0.5) is 0 Å². The molecule has 2 heterocycles. The molecule has 0 saturated carbocycles. The Kier molecular flexibility index (Phi) is 2.56. The summed E-state index contributed by atoms with van der Waals surface area (Å²) in [7, 11) is 0. The van der Waals surface area contributed by atoms with Gasteiger partial charge in [0.1, 0.15) is 5.69 Å². The molecule has 3 rings (SSSR count). The van der Waals surface area contributed by atoms with E-state index in [0.29, 0.717) is 5.69 Å². The average Bonchev–Trinajstić information content (AvgIpc) is 2.78. The van der Waals surface area contributed by atoms with Gasteiger partial charge in [-0.25, -0.2) is 0 Å². The fourth-order valence-electron chi connectivity index (χ4n) is 2.26. The van der Waals surface area contributed by atoms with Crippen molar-refractivity contribution in [2.24, 2.45) is 5.73 Å². The molecule has 4 heteroatoms. The molecular weight excluding hydrogens is 238 g/mol. The number of aryl methyl sites for hydroxylation is 1. The molecule has 0 radical (unpaired) electrons. The number of primary amides is 1. The van der Waals surface area contributed by atoms with Crippen molar-refractivity contribution in [3.8, 4) is 5.69 Å². The van der Waals surface area contributed by atoms with Crippen molar-refractivity contribution in [1.29, 1.82) is 0 Å². The normalized spacial score (nSPS) is 10.8. The van der Waals surface area contributed by atoms with E-state index in [1.165, 1.54) is 0 Å². The highest BCUT2D eigenvalue weighted by Crippen LogP contribution is 2.23. The highest BCUT2D eigenvalue weighted by Gasteiger charge is 2.14. The van der Waals surface area contributed by atoms with Gasteiger partial charge in [0, 0.05) is 11.9 Å². The van der Waals surface area contributed by atoms with E-state index in [1.807, 2.05) is 47.9 Å². The lowest BCUT2D eigenvalue weighted by atomic mass is 10.2. The van der Waals surface area contributed by atoms with Crippen molar-refractivity contribution in [1.82, 2.24) is 9.55 Å². The number of aromatic nitrogens is 2. The van der Waals surface area contributed by atoms with Crippen molar-refractivity contribution in [2.75, 3.05) is 0 Å². The van der Waals surface area contributed by atoms with Crippen LogP contribution in [0.1, 0.15) is 16.1 Å². The van der Waals surface area contributed by atoms with Gasteiger partial charge in [0.15, 0.2) is 0 Å². The van der Waals surface area contributed by atoms with E-state index in [4.69, 9.17) is 5.73 Å². The summed E-state index contributed by atoms with van der Waals surface area (Å²) < 4.78 is 1.84. The second kappa shape index (κ2) is 4.24. The molecule has 0 atom stereocenters. The first-order valence-electron chi connectivity index (χ1n) is 6.00. The van der Waals surface area contributed by atoms with Crippen LogP contribution >= 0.6 is 0 Å². The van der Waals surface area contributed by atoms with E-state index in [2.05, 4.69) is 4.98 Å². The molecule has 4 nitrogen and oxygen atoms in total. The molecule has 94 valence electrons. The Morgan fingerprint density at radius 2 is 2.05 bits per heavy atom. The maximum atomic E-state index is 11.6. The maximum absolute atomic E-state index is 11.6. The smallest absolute Gasteiger partial charge is 0.265 e. The SMILES string of the molecule is Cc1cccc(-n2c(C(N)=O)cc3ncccc32)c1. The van der Waals surface area contributed by atoms with Crippen LogP contribution in [0.5, 0.6) is 0 Å². The molecule has 0 bridgehead atoms. The van der Waals surface area contributed by atoms with Crippen LogP contribution in [-0.2, 0) is 0 Å². The number of rotatable bonds is 2. The Morgan fingerprint density at radius 1 is 1.21 bits per heavy atom. The first-order valence-corrected chi connectivity index (χ1v) is 6.00. The summed E-state index contributed by atoms with van der Waals surface area (Å²) in [4.78, 5) is 15.9. The molecule has 0 aliphatic heterocycles. The second-order valence-corrected chi connectivity index (χ2v) is 4.48. The van der Waals surface area contributed by atoms with Crippen LogP contribution in [0.3, 0.4) is 0 Å². The molecule has 0 spiro atoms. The summed E-state index contributed by atoms with van der Waals surface area (Å²) >= 11 is 0. The Bertz CT molecular complexity index is 774. The largest absolute Gasteiger partial charge is 0.364 e. The van der Waals surface area contributed by atoms with Crippen LogP contribution in [0, 0.1) is 6.92 Å². The molecule has 0 saturated heterocycles. The first-order chi connectivity index (χ1) is 9.16. The summed E-state index contributed by atoms with van der Waals surface area (Å²) in [5, 5.41) is 0. The Morgan fingerprint density at radius 3 is 2.79 bits per heavy atom. The van der Waals surface area contributed by atoms with E-state index >= 15 is 0 Å². The third-order valence-corrected chi connectivity index (χ3v) is 3.08. The number of nitrogens with zero attached hydrogens (tertiary/aromatic N) is 2. The number of nitrogens with two attached hydrogens (primary N) is 1. The minimum absolute atomic E-state index is 0.444. The molecule has 19 heavy (non-hydrogen) atoms. The molecular formula is C15H13N3O. The van der Waals surface area contributed by atoms with Gasteiger partial charge in [0.05, 0.1) is 11.0 Å². The summed E-state index contributed by atoms with van der Waals surface area (Å²) in [6.07, 6.45) is 1.70. The number of hydrogen-bond acceptors (Lipinski definition) is 2. The lowest BCUT2D eigenvalue weighted by molar-refractivity contribution is 0.0994. The average molecular weight is 251 g/mol. The highest BCUT2D eigenvalue weighted by molar-refractivity contribution is 5.98. The third-order valence-electron chi connectivity index (χ3n) is 3.08. The summed E-state index contributed by atoms with van der Waals surface area (Å²) in [5.74, 6) is -0.459. The monoisotopic (exact) mass is 251 g/mol. The number of pyridine rings is 1. The predicted octanol–water partition coefficient (Wildman–Crippen LogP) is 2.43. The van der Waals surface area contributed by atoms with Gasteiger partial charge in [0.25, 0.3) is 5.91 Å². The number of hydrogen-bond donors (Lipinski definition) is 1. The molecule has 0 unspecified atom stereocenters. The van der Waals surface area contributed by atoms with Gasteiger partial charge in [-0.15, -0.1) is 0 Å². The van der Waals surface area contributed by atoms with Crippen molar-refractivity contribution in [3.63, 3.8) is 0 Å². The van der Waals surface area contributed by atoms with Crippen LogP contribution in [-0.4, -0.2) is 15.5 Å². The van der Waals surface area contributed by atoms with Gasteiger partial charge in [-0.05, 0) is 42.8 Å². The van der Waals surface area contributed by atoms with E-state index in [0.717, 1.165) is 22.3 Å². The number of amides is 1. The fourth-order valence-corrected chi connectivity index (χ4v) is 2.26. The van der Waals surface area contributed by atoms with Crippen molar-refractivity contribution in [3.05, 3.63) is 59.9 Å². The highest BCUT2D eigenvalue weighted by atomic mass is 16.1. The van der Waals surface area contributed by atoms with E-state index in [-0.39, 0.29) is 0 Å². The van der Waals surface area contributed by atoms with Crippen LogP contribution in [0.15, 0.2) is 48.7 Å². The molecule has 3 aromatic rings. The third kappa shape index (κ3) is 1.87. The predicted molar refractivity (Wildman–Crippen MR) is 74.3 cm³/mol. The van der Waals surface area contributed by atoms with Gasteiger partial charge in [0.2, 0.25) is 0 Å². The van der Waals surface area contributed by atoms with Crippen molar-refractivity contribution in [2.45, 2.75) is 6.92 Å². The molecule has 2 N–H and O–H groups in total. The molecule has 1 amide bonds. The fraction of sp³-hybridized carbons (Fsp3) is 0.0667. The number of carbonyl (C=O) groups is 1. The minimum atomic E-state index is -0.459. The lowest BCUT2D eigenvalue weighted by Crippen LogP contribution is -2.15. The van der Waals surface area contributed by atoms with Gasteiger partial charge in [-0.3, -0.25) is 9.78 Å². The van der Waals surface area contributed by atoms with Crippen LogP contribution in [0.2, 0.25) is 0 Å².